The van der Waals surface area contributed by atoms with Gasteiger partial charge in [0.2, 0.25) is 5.88 Å². The molecule has 0 unspecified atom stereocenters. The number of β-amino-alcohol motifs (C(OH)–C–C–N with tert-alkyl or cyclic N) is 1. The number of terminal acetylenes is 1. The molecule has 2 aromatic carbocycles. The van der Waals surface area contributed by atoms with Crippen molar-refractivity contribution in [2.24, 2.45) is 5.41 Å². The molecule has 0 spiro atoms. The third-order valence-corrected chi connectivity index (χ3v) is 9.18. The monoisotopic (exact) mass is 631 g/mol. The lowest BCUT2D eigenvalue weighted by Gasteiger charge is -2.32. The van der Waals surface area contributed by atoms with Crippen molar-refractivity contribution >= 4 is 27.5 Å². The van der Waals surface area contributed by atoms with Crippen LogP contribution in [0.25, 0.3) is 32.9 Å². The van der Waals surface area contributed by atoms with Gasteiger partial charge in [0.15, 0.2) is 5.82 Å². The lowest BCUT2D eigenvalue weighted by molar-refractivity contribution is 0.0231. The van der Waals surface area contributed by atoms with Crippen molar-refractivity contribution in [2.75, 3.05) is 64.6 Å². The largest absolute Gasteiger partial charge is 0.508 e. The normalized spacial score (nSPS) is 19.7. The van der Waals surface area contributed by atoms with Crippen LogP contribution in [0.15, 0.2) is 24.3 Å². The van der Waals surface area contributed by atoms with Crippen molar-refractivity contribution in [1.29, 1.82) is 0 Å². The Morgan fingerprint density at radius 2 is 1.91 bits per heavy atom. The number of piperidine rings is 1. The molecule has 0 bridgehead atoms. The number of methoxy groups -OCH3 is 1. The van der Waals surface area contributed by atoms with Crippen LogP contribution in [0.3, 0.4) is 0 Å². The second-order valence-electron chi connectivity index (χ2n) is 12.4. The molecular formula is C34H35F2N5O5. The Labute approximate surface area is 264 Å². The number of aliphatic hydroxyl groups is 1. The molecule has 0 radical (unpaired) electrons. The Balaban J connectivity index is 1.37. The number of phenols is 1. The molecular weight excluding hydrogens is 596 g/mol. The van der Waals surface area contributed by atoms with Crippen LogP contribution in [0.4, 0.5) is 14.6 Å². The number of ether oxygens (including phenoxy) is 3. The summed E-state index contributed by atoms with van der Waals surface area (Å²) in [5.41, 5.74) is -0.397. The fraction of sp³-hybridized carbons (Fsp3) is 0.441. The maximum Gasteiger partial charge on any atom is 0.319 e. The number of aromatic hydroxyl groups is 1. The Bertz CT molecular complexity index is 1850. The first-order chi connectivity index (χ1) is 22.3. The zero-order valence-corrected chi connectivity index (χ0v) is 25.6. The molecule has 12 heteroatoms. The molecule has 2 N–H and O–H groups in total. The van der Waals surface area contributed by atoms with Gasteiger partial charge in [-0.15, -0.1) is 6.42 Å². The van der Waals surface area contributed by atoms with Crippen LogP contribution in [0.2, 0.25) is 0 Å². The number of nitrogens with zero attached hydrogens (tertiary/aromatic N) is 5. The summed E-state index contributed by atoms with van der Waals surface area (Å²) in [6.07, 6.45) is 8.44. The van der Waals surface area contributed by atoms with E-state index in [1.54, 1.807) is 0 Å². The average Bonchev–Trinajstić information content (AvgIpc) is 3.83. The lowest BCUT2D eigenvalue weighted by atomic mass is 9.95. The summed E-state index contributed by atoms with van der Waals surface area (Å²) in [5.74, 6) is 1.04. The standard InChI is InChI=1S/C34H35F2N5O5/c1-3-23-25(35)7-6-20-15-22(43)16-24(26(20)23)29-28(36)30-27(32(37-29)44-2)31(41-10-4-5-21(42)17-41)39-33(38-30)46-19-34(8-9-34)18-40-11-13-45-14-12-40/h1,6-7,15-16,21,42-43H,4-5,8-14,17-19H2,2H3/t21-/m1/s1. The van der Waals surface area contributed by atoms with E-state index in [0.717, 1.165) is 32.5 Å². The average molecular weight is 632 g/mol. The van der Waals surface area contributed by atoms with Crippen molar-refractivity contribution in [2.45, 2.75) is 31.8 Å². The van der Waals surface area contributed by atoms with Gasteiger partial charge in [-0.1, -0.05) is 12.0 Å². The van der Waals surface area contributed by atoms with Crippen LogP contribution >= 0.6 is 0 Å². The van der Waals surface area contributed by atoms with Gasteiger partial charge in [-0.25, -0.2) is 13.8 Å². The van der Waals surface area contributed by atoms with E-state index in [0.29, 0.717) is 50.4 Å². The number of aliphatic hydroxyl groups excluding tert-OH is 1. The van der Waals surface area contributed by atoms with Crippen LogP contribution in [-0.4, -0.2) is 95.8 Å². The summed E-state index contributed by atoms with van der Waals surface area (Å²) in [6.45, 7) is 5.21. The molecule has 0 amide bonds. The number of aromatic nitrogens is 3. The minimum Gasteiger partial charge on any atom is -0.508 e. The number of halogens is 2. The zero-order chi connectivity index (χ0) is 32.0. The topological polar surface area (TPSA) is 113 Å². The van der Waals surface area contributed by atoms with Crippen molar-refractivity contribution in [1.82, 2.24) is 19.9 Å². The molecule has 4 heterocycles. The van der Waals surface area contributed by atoms with Crippen LogP contribution < -0.4 is 14.4 Å². The number of anilines is 1. The molecule has 240 valence electrons. The Kier molecular flexibility index (Phi) is 8.00. The SMILES string of the molecule is C#Cc1c(F)ccc2cc(O)cc(-c3nc(OC)c4c(N5CCC[C@@H](O)C5)nc(OCC5(CN6CCOCC6)CC5)nc4c3F)c12. The first kappa shape index (κ1) is 30.3. The van der Waals surface area contributed by atoms with Gasteiger partial charge in [-0.05, 0) is 49.3 Å². The van der Waals surface area contributed by atoms with Crippen molar-refractivity contribution in [3.63, 3.8) is 0 Å². The molecule has 46 heavy (non-hydrogen) atoms. The van der Waals surface area contributed by atoms with Crippen LogP contribution in [0.5, 0.6) is 17.6 Å². The highest BCUT2D eigenvalue weighted by molar-refractivity contribution is 6.04. The molecule has 3 fully saturated rings. The number of hydrogen-bond donors (Lipinski definition) is 2. The predicted octanol–water partition coefficient (Wildman–Crippen LogP) is 4.27. The van der Waals surface area contributed by atoms with E-state index in [1.165, 1.54) is 31.4 Å². The van der Waals surface area contributed by atoms with Crippen LogP contribution in [0, 0.1) is 29.4 Å². The molecule has 10 nitrogen and oxygen atoms in total. The summed E-state index contributed by atoms with van der Waals surface area (Å²) in [5, 5.41) is 21.9. The first-order valence-corrected chi connectivity index (χ1v) is 15.5. The molecule has 1 aliphatic carbocycles. The van der Waals surface area contributed by atoms with Gasteiger partial charge in [-0.2, -0.15) is 9.97 Å². The smallest absolute Gasteiger partial charge is 0.319 e. The van der Waals surface area contributed by atoms with Crippen LogP contribution in [-0.2, 0) is 4.74 Å². The first-order valence-electron chi connectivity index (χ1n) is 15.5. The van der Waals surface area contributed by atoms with E-state index in [4.69, 9.17) is 25.6 Å². The third-order valence-electron chi connectivity index (χ3n) is 9.18. The van der Waals surface area contributed by atoms with E-state index in [9.17, 15) is 14.6 Å². The van der Waals surface area contributed by atoms with Gasteiger partial charge >= 0.3 is 6.01 Å². The minimum atomic E-state index is -0.838. The fourth-order valence-corrected chi connectivity index (χ4v) is 6.60. The van der Waals surface area contributed by atoms with Crippen molar-refractivity contribution in [3.05, 3.63) is 41.5 Å². The highest BCUT2D eigenvalue weighted by Gasteiger charge is 2.45. The summed E-state index contributed by atoms with van der Waals surface area (Å²) in [7, 11) is 1.40. The van der Waals surface area contributed by atoms with Gasteiger partial charge in [0, 0.05) is 49.1 Å². The summed E-state index contributed by atoms with van der Waals surface area (Å²) in [6, 6.07) is 5.37. The molecule has 7 rings (SSSR count). The van der Waals surface area contributed by atoms with Gasteiger partial charge in [-0.3, -0.25) is 4.90 Å². The number of pyridine rings is 1. The third kappa shape index (κ3) is 5.63. The predicted molar refractivity (Wildman–Crippen MR) is 168 cm³/mol. The van der Waals surface area contributed by atoms with Crippen molar-refractivity contribution in [3.8, 4) is 41.2 Å². The summed E-state index contributed by atoms with van der Waals surface area (Å²) in [4.78, 5) is 18.1. The van der Waals surface area contributed by atoms with Crippen LogP contribution in [0.1, 0.15) is 31.2 Å². The second kappa shape index (κ2) is 12.1. The van der Waals surface area contributed by atoms with E-state index in [-0.39, 0.29) is 62.7 Å². The molecule has 4 aromatic rings. The second-order valence-corrected chi connectivity index (χ2v) is 12.4. The number of rotatable bonds is 8. The number of phenolic OH excluding ortho intramolecular Hbond substituents is 1. The number of morpholine rings is 1. The maximum atomic E-state index is 16.9. The Morgan fingerprint density at radius 3 is 2.63 bits per heavy atom. The van der Waals surface area contributed by atoms with E-state index < -0.39 is 17.7 Å². The maximum absolute atomic E-state index is 16.9. The molecule has 3 aliphatic rings. The quantitative estimate of drug-likeness (QED) is 0.274. The van der Waals surface area contributed by atoms with Gasteiger partial charge < -0.3 is 29.3 Å². The molecule has 1 atom stereocenters. The zero-order valence-electron chi connectivity index (χ0n) is 25.6. The number of hydrogen-bond acceptors (Lipinski definition) is 10. The van der Waals surface area contributed by atoms with Gasteiger partial charge in [0.05, 0.1) is 38.6 Å². The lowest BCUT2D eigenvalue weighted by Crippen LogP contribution is -2.41. The Morgan fingerprint density at radius 1 is 1.11 bits per heavy atom. The molecule has 1 saturated carbocycles. The van der Waals surface area contributed by atoms with E-state index in [1.807, 2.05) is 4.90 Å². The van der Waals surface area contributed by atoms with E-state index >= 15 is 4.39 Å². The highest BCUT2D eigenvalue weighted by Crippen LogP contribution is 2.47. The fourth-order valence-electron chi connectivity index (χ4n) is 6.60. The molecule has 2 aromatic heterocycles. The molecule has 2 aliphatic heterocycles. The number of fused-ring (bicyclic) bond motifs is 2. The summed E-state index contributed by atoms with van der Waals surface area (Å²) >= 11 is 0. The molecule has 2 saturated heterocycles. The highest BCUT2D eigenvalue weighted by atomic mass is 19.1. The van der Waals surface area contributed by atoms with Crippen molar-refractivity contribution < 1.29 is 33.2 Å². The minimum absolute atomic E-state index is 0.00922. The van der Waals surface area contributed by atoms with Gasteiger partial charge in [0.25, 0.3) is 0 Å². The Hall–Kier alpha value is -4.31. The summed E-state index contributed by atoms with van der Waals surface area (Å²) < 4.78 is 49.2. The number of benzene rings is 2. The van der Waals surface area contributed by atoms with Gasteiger partial charge in [0.1, 0.15) is 34.0 Å². The van der Waals surface area contributed by atoms with E-state index in [2.05, 4.69) is 20.8 Å².